The zero-order chi connectivity index (χ0) is 17.1. The van der Waals surface area contributed by atoms with Gasteiger partial charge >= 0.3 is 0 Å². The highest BCUT2D eigenvalue weighted by Crippen LogP contribution is 2.23. The van der Waals surface area contributed by atoms with Crippen molar-refractivity contribution in [2.45, 2.75) is 13.1 Å². The molecule has 0 aliphatic carbocycles. The fourth-order valence-electron chi connectivity index (χ4n) is 2.95. The zero-order valence-corrected chi connectivity index (χ0v) is 14.4. The summed E-state index contributed by atoms with van der Waals surface area (Å²) in [5, 5.41) is 4.21. The minimum atomic E-state index is 0.637. The molecule has 0 atom stereocenters. The lowest BCUT2D eigenvalue weighted by Crippen LogP contribution is -2.08. The van der Waals surface area contributed by atoms with Gasteiger partial charge in [0, 0.05) is 11.6 Å². The lowest BCUT2D eigenvalue weighted by Gasteiger charge is -2.12. The number of nitrogens with one attached hydrogen (secondary N) is 1. The van der Waals surface area contributed by atoms with Crippen LogP contribution in [0.5, 0.6) is 0 Å². The number of nitrogens with zero attached hydrogens (tertiary/aromatic N) is 2. The van der Waals surface area contributed by atoms with Crippen molar-refractivity contribution in [1.29, 1.82) is 0 Å². The molecule has 0 saturated heterocycles. The van der Waals surface area contributed by atoms with Gasteiger partial charge in [-0.1, -0.05) is 72.3 Å². The molecule has 1 heterocycles. The normalized spacial score (nSPS) is 10.9. The van der Waals surface area contributed by atoms with Gasteiger partial charge in [0.05, 0.1) is 17.6 Å². The van der Waals surface area contributed by atoms with Gasteiger partial charge in [0.25, 0.3) is 0 Å². The summed E-state index contributed by atoms with van der Waals surface area (Å²) in [4.78, 5) is 4.76. The summed E-state index contributed by atoms with van der Waals surface area (Å²) >= 11 is 6.27. The third kappa shape index (κ3) is 3.37. The second-order valence-corrected chi connectivity index (χ2v) is 6.35. The SMILES string of the molecule is Clc1ccccc1CNc1nc2ccccc2n1Cc1ccccc1. The molecule has 0 saturated carbocycles. The summed E-state index contributed by atoms with van der Waals surface area (Å²) in [6.07, 6.45) is 0. The van der Waals surface area contributed by atoms with Gasteiger partial charge in [0.15, 0.2) is 0 Å². The molecule has 0 spiro atoms. The van der Waals surface area contributed by atoms with Crippen LogP contribution in [0.15, 0.2) is 78.9 Å². The number of para-hydroxylation sites is 2. The van der Waals surface area contributed by atoms with Crippen LogP contribution in [0.1, 0.15) is 11.1 Å². The monoisotopic (exact) mass is 347 g/mol. The predicted octanol–water partition coefficient (Wildman–Crippen LogP) is 5.35. The fourth-order valence-corrected chi connectivity index (χ4v) is 3.16. The highest BCUT2D eigenvalue weighted by atomic mass is 35.5. The number of anilines is 1. The van der Waals surface area contributed by atoms with E-state index in [0.717, 1.165) is 34.1 Å². The highest BCUT2D eigenvalue weighted by molar-refractivity contribution is 6.31. The standard InChI is InChI=1S/C21H18ClN3/c22-18-11-5-4-10-17(18)14-23-21-24-19-12-6-7-13-20(19)25(21)15-16-8-2-1-3-9-16/h1-13H,14-15H2,(H,23,24). The minimum absolute atomic E-state index is 0.637. The van der Waals surface area contributed by atoms with Gasteiger partial charge in [-0.15, -0.1) is 0 Å². The Bertz CT molecular complexity index is 992. The molecule has 1 aromatic heterocycles. The Morgan fingerprint density at radius 2 is 1.56 bits per heavy atom. The van der Waals surface area contributed by atoms with Crippen molar-refractivity contribution in [3.8, 4) is 0 Å². The number of rotatable bonds is 5. The van der Waals surface area contributed by atoms with E-state index in [0.29, 0.717) is 6.54 Å². The van der Waals surface area contributed by atoms with Crippen molar-refractivity contribution >= 4 is 28.6 Å². The summed E-state index contributed by atoms with van der Waals surface area (Å²) in [7, 11) is 0. The Morgan fingerprint density at radius 1 is 0.840 bits per heavy atom. The second kappa shape index (κ2) is 6.99. The summed E-state index contributed by atoms with van der Waals surface area (Å²) in [5.74, 6) is 0.852. The van der Waals surface area contributed by atoms with Crippen LogP contribution in [0.3, 0.4) is 0 Å². The van der Waals surface area contributed by atoms with Crippen molar-refractivity contribution in [1.82, 2.24) is 9.55 Å². The van der Waals surface area contributed by atoms with Gasteiger partial charge in [-0.05, 0) is 29.3 Å². The first-order chi connectivity index (χ1) is 12.3. The third-order valence-electron chi connectivity index (χ3n) is 4.23. The molecule has 124 valence electrons. The summed E-state index contributed by atoms with van der Waals surface area (Å²) in [6.45, 7) is 1.41. The van der Waals surface area contributed by atoms with Crippen molar-refractivity contribution in [2.24, 2.45) is 0 Å². The van der Waals surface area contributed by atoms with Gasteiger partial charge in [-0.2, -0.15) is 0 Å². The molecule has 0 amide bonds. The molecule has 3 aromatic carbocycles. The number of imidazole rings is 1. The smallest absolute Gasteiger partial charge is 0.204 e. The lowest BCUT2D eigenvalue weighted by molar-refractivity contribution is 0.822. The Balaban J connectivity index is 1.68. The zero-order valence-electron chi connectivity index (χ0n) is 13.7. The summed E-state index contributed by atoms with van der Waals surface area (Å²) in [6, 6.07) is 26.5. The van der Waals surface area contributed by atoms with Crippen LogP contribution in [0.25, 0.3) is 11.0 Å². The maximum atomic E-state index is 6.27. The first-order valence-corrected chi connectivity index (χ1v) is 8.65. The molecule has 3 nitrogen and oxygen atoms in total. The molecule has 1 N–H and O–H groups in total. The van der Waals surface area contributed by atoms with Gasteiger partial charge < -0.3 is 9.88 Å². The number of fused-ring (bicyclic) bond motifs is 1. The average Bonchev–Trinajstić information content (AvgIpc) is 3.00. The van der Waals surface area contributed by atoms with Gasteiger partial charge in [-0.25, -0.2) is 4.98 Å². The second-order valence-electron chi connectivity index (χ2n) is 5.94. The molecule has 4 heteroatoms. The van der Waals surface area contributed by atoms with Crippen LogP contribution < -0.4 is 5.32 Å². The molecule has 0 fully saturated rings. The van der Waals surface area contributed by atoms with E-state index in [4.69, 9.17) is 16.6 Å². The molecular formula is C21H18ClN3. The topological polar surface area (TPSA) is 29.9 Å². The van der Waals surface area contributed by atoms with E-state index in [1.54, 1.807) is 0 Å². The maximum Gasteiger partial charge on any atom is 0.204 e. The largest absolute Gasteiger partial charge is 0.351 e. The van der Waals surface area contributed by atoms with Crippen LogP contribution in [0, 0.1) is 0 Å². The molecule has 0 radical (unpaired) electrons. The van der Waals surface area contributed by atoms with Crippen molar-refractivity contribution in [2.75, 3.05) is 5.32 Å². The number of halogens is 1. The van der Waals surface area contributed by atoms with E-state index < -0.39 is 0 Å². The molecular weight excluding hydrogens is 330 g/mol. The Hall–Kier alpha value is -2.78. The molecule has 4 rings (SSSR count). The molecule has 0 aliphatic rings. The van der Waals surface area contributed by atoms with Crippen LogP contribution in [0.4, 0.5) is 5.95 Å². The first kappa shape index (κ1) is 15.7. The first-order valence-electron chi connectivity index (χ1n) is 8.28. The van der Waals surface area contributed by atoms with E-state index in [-0.39, 0.29) is 0 Å². The highest BCUT2D eigenvalue weighted by Gasteiger charge is 2.11. The van der Waals surface area contributed by atoms with E-state index in [2.05, 4.69) is 40.2 Å². The Labute approximate surface area is 151 Å². The van der Waals surface area contributed by atoms with Gasteiger partial charge in [0.2, 0.25) is 5.95 Å². The van der Waals surface area contributed by atoms with Gasteiger partial charge in [0.1, 0.15) is 0 Å². The molecule has 0 unspecified atom stereocenters. The minimum Gasteiger partial charge on any atom is -0.351 e. The maximum absolute atomic E-state index is 6.27. The number of aromatic nitrogens is 2. The summed E-state index contributed by atoms with van der Waals surface area (Å²) in [5.41, 5.74) is 4.40. The van der Waals surface area contributed by atoms with Crippen molar-refractivity contribution in [3.05, 3.63) is 95.0 Å². The van der Waals surface area contributed by atoms with Gasteiger partial charge in [-0.3, -0.25) is 0 Å². The van der Waals surface area contributed by atoms with Crippen LogP contribution in [0.2, 0.25) is 5.02 Å². The third-order valence-corrected chi connectivity index (χ3v) is 4.60. The molecule has 0 bridgehead atoms. The summed E-state index contributed by atoms with van der Waals surface area (Å²) < 4.78 is 2.21. The van der Waals surface area contributed by atoms with E-state index in [1.807, 2.05) is 48.5 Å². The number of benzene rings is 3. The van der Waals surface area contributed by atoms with E-state index in [1.165, 1.54) is 5.56 Å². The van der Waals surface area contributed by atoms with Crippen LogP contribution >= 0.6 is 11.6 Å². The Kier molecular flexibility index (Phi) is 4.40. The number of hydrogen-bond acceptors (Lipinski definition) is 2. The number of hydrogen-bond donors (Lipinski definition) is 1. The van der Waals surface area contributed by atoms with Crippen LogP contribution in [-0.4, -0.2) is 9.55 Å². The lowest BCUT2D eigenvalue weighted by atomic mass is 10.2. The molecule has 4 aromatic rings. The predicted molar refractivity (Wildman–Crippen MR) is 104 cm³/mol. The average molecular weight is 348 g/mol. The fraction of sp³-hybridized carbons (Fsp3) is 0.0952. The van der Waals surface area contributed by atoms with Crippen molar-refractivity contribution < 1.29 is 0 Å². The molecule has 25 heavy (non-hydrogen) atoms. The molecule has 0 aliphatic heterocycles. The quantitative estimate of drug-likeness (QED) is 0.527. The van der Waals surface area contributed by atoms with Crippen molar-refractivity contribution in [3.63, 3.8) is 0 Å². The van der Waals surface area contributed by atoms with Crippen LogP contribution in [-0.2, 0) is 13.1 Å². The van der Waals surface area contributed by atoms with E-state index in [9.17, 15) is 0 Å². The Morgan fingerprint density at radius 3 is 2.40 bits per heavy atom. The van der Waals surface area contributed by atoms with E-state index >= 15 is 0 Å².